The molecule has 2 aliphatic carbocycles. The highest BCUT2D eigenvalue weighted by molar-refractivity contribution is 5.58. The number of hydroxylamine groups is 2. The van der Waals surface area contributed by atoms with E-state index >= 15 is 0 Å². The lowest BCUT2D eigenvalue weighted by Gasteiger charge is -2.50. The van der Waals surface area contributed by atoms with Crippen LogP contribution in [0.2, 0.25) is 0 Å². The van der Waals surface area contributed by atoms with Crippen molar-refractivity contribution in [2.24, 2.45) is 5.92 Å². The minimum atomic E-state index is -1.11. The van der Waals surface area contributed by atoms with E-state index in [0.717, 1.165) is 28.7 Å². The van der Waals surface area contributed by atoms with Gasteiger partial charge in [0.15, 0.2) is 11.5 Å². The lowest BCUT2D eigenvalue weighted by atomic mass is 9.62. The Kier molecular flexibility index (Phi) is 5.84. The van der Waals surface area contributed by atoms with E-state index in [0.29, 0.717) is 11.5 Å². The Morgan fingerprint density at radius 3 is 2.00 bits per heavy atom. The number of nitrogens with zero attached hydrogens (tertiary/aromatic N) is 1. The number of ether oxygens (including phenoxy) is 5. The minimum absolute atomic E-state index is 0.0422. The number of methoxy groups -OCH3 is 3. The fourth-order valence-corrected chi connectivity index (χ4v) is 7.17. The first kappa shape index (κ1) is 24.8. The molecule has 0 aromatic heterocycles. The lowest BCUT2D eigenvalue weighted by molar-refractivity contribution is -0.270. The van der Waals surface area contributed by atoms with Gasteiger partial charge in [-0.2, -0.15) is 5.06 Å². The molecule has 0 bridgehead atoms. The molecule has 39 heavy (non-hydrogen) atoms. The zero-order valence-corrected chi connectivity index (χ0v) is 22.6. The van der Waals surface area contributed by atoms with Crippen molar-refractivity contribution in [2.75, 3.05) is 28.4 Å². The fraction of sp³-hybridized carbons (Fsp3) is 0.375. The van der Waals surface area contributed by atoms with Crippen LogP contribution in [0.25, 0.3) is 0 Å². The molecule has 0 unspecified atom stereocenters. The number of benzene rings is 3. The summed E-state index contributed by atoms with van der Waals surface area (Å²) in [6.45, 7) is 0. The first-order valence-electron chi connectivity index (χ1n) is 13.4. The second kappa shape index (κ2) is 9.18. The van der Waals surface area contributed by atoms with Crippen molar-refractivity contribution in [1.82, 2.24) is 5.06 Å². The van der Waals surface area contributed by atoms with Crippen LogP contribution in [0.4, 0.5) is 0 Å². The van der Waals surface area contributed by atoms with E-state index in [-0.39, 0.29) is 24.2 Å². The average molecular weight is 528 g/mol. The Morgan fingerprint density at radius 1 is 0.795 bits per heavy atom. The largest absolute Gasteiger partial charge is 0.493 e. The summed E-state index contributed by atoms with van der Waals surface area (Å²) in [7, 11) is 7.07. The summed E-state index contributed by atoms with van der Waals surface area (Å²) in [6, 6.07) is 24.6. The molecule has 0 saturated carbocycles. The summed E-state index contributed by atoms with van der Waals surface area (Å²) in [4.78, 5) is 6.65. The van der Waals surface area contributed by atoms with E-state index in [1.165, 1.54) is 0 Å². The monoisotopic (exact) mass is 527 g/mol. The molecule has 6 atom stereocenters. The molecule has 2 heterocycles. The van der Waals surface area contributed by atoms with Crippen molar-refractivity contribution in [3.8, 4) is 11.5 Å². The quantitative estimate of drug-likeness (QED) is 0.427. The van der Waals surface area contributed by atoms with Crippen LogP contribution in [0.5, 0.6) is 11.5 Å². The molecule has 202 valence electrons. The zero-order chi connectivity index (χ0) is 26.8. The topological polar surface area (TPSA) is 58.6 Å². The van der Waals surface area contributed by atoms with Crippen LogP contribution in [0, 0.1) is 5.92 Å². The van der Waals surface area contributed by atoms with Crippen LogP contribution in [0.3, 0.4) is 0 Å². The molecule has 1 spiro atoms. The fourth-order valence-electron chi connectivity index (χ4n) is 7.17. The van der Waals surface area contributed by atoms with E-state index in [1.807, 2.05) is 60.7 Å². The number of hydrogen-bond acceptors (Lipinski definition) is 7. The van der Waals surface area contributed by atoms with Crippen molar-refractivity contribution in [3.63, 3.8) is 0 Å². The van der Waals surface area contributed by atoms with Gasteiger partial charge in [-0.25, -0.2) is 0 Å². The third-order valence-corrected chi connectivity index (χ3v) is 8.89. The summed E-state index contributed by atoms with van der Waals surface area (Å²) in [5, 5.41) is 1.96. The molecular formula is C32H33NO6. The van der Waals surface area contributed by atoms with Gasteiger partial charge in [0, 0.05) is 31.7 Å². The van der Waals surface area contributed by atoms with Gasteiger partial charge >= 0.3 is 0 Å². The van der Waals surface area contributed by atoms with Crippen molar-refractivity contribution in [2.45, 2.75) is 42.2 Å². The Bertz CT molecular complexity index is 1350. The second-order valence-electron chi connectivity index (χ2n) is 10.7. The van der Waals surface area contributed by atoms with Crippen LogP contribution in [-0.4, -0.2) is 51.4 Å². The second-order valence-corrected chi connectivity index (χ2v) is 10.7. The molecule has 3 aromatic carbocycles. The van der Waals surface area contributed by atoms with E-state index in [1.54, 1.807) is 21.3 Å². The molecular weight excluding hydrogens is 494 g/mol. The van der Waals surface area contributed by atoms with E-state index in [4.69, 9.17) is 28.5 Å². The molecule has 3 aromatic rings. The molecule has 0 N–H and O–H groups in total. The molecule has 0 amide bonds. The van der Waals surface area contributed by atoms with Crippen LogP contribution in [0.15, 0.2) is 84.9 Å². The number of hydrogen-bond donors (Lipinski definition) is 0. The van der Waals surface area contributed by atoms with Gasteiger partial charge in [0.2, 0.25) is 5.79 Å². The molecule has 7 heteroatoms. The number of likely N-dealkylation sites (N-methyl/N-ethyl adjacent to an activating group) is 1. The highest BCUT2D eigenvalue weighted by Crippen LogP contribution is 2.62. The Balaban J connectivity index is 1.40. The SMILES string of the molecule is COc1ccc2c(c1OC)[C@]1(OC)C=CC3(O[C@H](c4ccccc4)[C@@H](c4ccccc4)O3)[C@@H]3ON(C)[C@@H](C2)[C@@H]31. The molecule has 2 aliphatic heterocycles. The number of rotatable bonds is 5. The van der Waals surface area contributed by atoms with Gasteiger partial charge in [0.1, 0.15) is 23.9 Å². The summed E-state index contributed by atoms with van der Waals surface area (Å²) in [5.41, 5.74) is 3.41. The van der Waals surface area contributed by atoms with Crippen LogP contribution >= 0.6 is 0 Å². The summed E-state index contributed by atoms with van der Waals surface area (Å²) in [6.07, 6.45) is 3.78. The van der Waals surface area contributed by atoms with Gasteiger partial charge in [-0.15, -0.1) is 0 Å². The summed E-state index contributed by atoms with van der Waals surface area (Å²) in [5.74, 6) is 0.115. The highest BCUT2D eigenvalue weighted by atomic mass is 16.8. The van der Waals surface area contributed by atoms with Crippen molar-refractivity contribution in [1.29, 1.82) is 0 Å². The van der Waals surface area contributed by atoms with E-state index in [9.17, 15) is 0 Å². The van der Waals surface area contributed by atoms with Crippen molar-refractivity contribution in [3.05, 3.63) is 107 Å². The summed E-state index contributed by atoms with van der Waals surface area (Å²) >= 11 is 0. The third-order valence-electron chi connectivity index (χ3n) is 8.89. The number of fused-ring (bicyclic) bond motifs is 3. The van der Waals surface area contributed by atoms with Crippen LogP contribution in [-0.2, 0) is 31.1 Å². The highest BCUT2D eigenvalue weighted by Gasteiger charge is 2.69. The van der Waals surface area contributed by atoms with Gasteiger partial charge in [-0.3, -0.25) is 4.84 Å². The van der Waals surface area contributed by atoms with Crippen LogP contribution < -0.4 is 9.47 Å². The maximum atomic E-state index is 6.98. The molecule has 2 fully saturated rings. The molecule has 7 nitrogen and oxygen atoms in total. The Labute approximate surface area is 228 Å². The summed E-state index contributed by atoms with van der Waals surface area (Å²) < 4.78 is 32.0. The zero-order valence-electron chi connectivity index (χ0n) is 22.6. The first-order chi connectivity index (χ1) is 19.0. The smallest absolute Gasteiger partial charge is 0.218 e. The third kappa shape index (κ3) is 3.47. The van der Waals surface area contributed by atoms with Crippen molar-refractivity contribution >= 4 is 0 Å². The van der Waals surface area contributed by atoms with Gasteiger partial charge in [-0.05, 0) is 41.3 Å². The van der Waals surface area contributed by atoms with Gasteiger partial charge in [0.05, 0.1) is 14.2 Å². The van der Waals surface area contributed by atoms with Gasteiger partial charge in [0.25, 0.3) is 0 Å². The molecule has 0 radical (unpaired) electrons. The van der Waals surface area contributed by atoms with E-state index < -0.39 is 17.5 Å². The minimum Gasteiger partial charge on any atom is -0.493 e. The average Bonchev–Trinajstić information content (AvgIpc) is 3.55. The molecule has 2 saturated heterocycles. The standard InChI is InChI=1S/C32H33NO6/c1-33-23-19-22-15-16-24(34-2)29(35-3)25(22)31(36-4)17-18-32(30(39-33)26(23)31)37-27(20-11-7-5-8-12-20)28(38-32)21-13-9-6-10-14-21/h5-18,23,26-28,30H,19H2,1-4H3/t23-,26-,27+,28+,30+,31+/m0/s1. The van der Waals surface area contributed by atoms with Gasteiger partial charge in [-0.1, -0.05) is 66.7 Å². The Hall–Kier alpha value is -3.20. The predicted octanol–water partition coefficient (Wildman–Crippen LogP) is 5.13. The maximum Gasteiger partial charge on any atom is 0.218 e. The van der Waals surface area contributed by atoms with Gasteiger partial charge < -0.3 is 23.7 Å². The van der Waals surface area contributed by atoms with Crippen molar-refractivity contribution < 1.29 is 28.5 Å². The lowest BCUT2D eigenvalue weighted by Crippen LogP contribution is -2.59. The Morgan fingerprint density at radius 2 is 1.44 bits per heavy atom. The molecule has 4 aliphatic rings. The maximum absolute atomic E-state index is 6.98. The van der Waals surface area contributed by atoms with E-state index in [2.05, 4.69) is 36.4 Å². The van der Waals surface area contributed by atoms with Crippen LogP contribution in [0.1, 0.15) is 34.5 Å². The molecule has 7 rings (SSSR count). The normalized spacial score (nSPS) is 32.2. The first-order valence-corrected chi connectivity index (χ1v) is 13.4. The predicted molar refractivity (Wildman–Crippen MR) is 144 cm³/mol.